The third kappa shape index (κ3) is 3.82. The van der Waals surface area contributed by atoms with E-state index in [0.29, 0.717) is 28.5 Å². The van der Waals surface area contributed by atoms with E-state index in [1.54, 1.807) is 42.5 Å². The fourth-order valence-corrected chi connectivity index (χ4v) is 4.36. The van der Waals surface area contributed by atoms with Gasteiger partial charge >= 0.3 is 0 Å². The molecule has 2 aromatic carbocycles. The molecule has 0 saturated carbocycles. The summed E-state index contributed by atoms with van der Waals surface area (Å²) in [5, 5.41) is 1.14. The van der Waals surface area contributed by atoms with E-state index in [1.165, 1.54) is 32.3 Å². The lowest BCUT2D eigenvalue weighted by molar-refractivity contribution is 0.0979. The molecule has 0 N–H and O–H groups in total. The maximum Gasteiger partial charge on any atom is 0.262 e. The van der Waals surface area contributed by atoms with Crippen molar-refractivity contribution in [2.75, 3.05) is 32.0 Å². The van der Waals surface area contributed by atoms with Gasteiger partial charge < -0.3 is 14.2 Å². The maximum absolute atomic E-state index is 13.5. The van der Waals surface area contributed by atoms with Crippen LogP contribution >= 0.6 is 0 Å². The molecule has 0 radical (unpaired) electrons. The quantitative estimate of drug-likeness (QED) is 0.738. The van der Waals surface area contributed by atoms with E-state index in [0.717, 1.165) is 5.41 Å². The Morgan fingerprint density at radius 1 is 1.00 bits per heavy atom. The second kappa shape index (κ2) is 7.93. The minimum Gasteiger partial charge on any atom is -0.497 e. The molecule has 3 rings (SSSR count). The van der Waals surface area contributed by atoms with Crippen molar-refractivity contribution in [3.63, 3.8) is 0 Å². The molecule has 1 aliphatic rings. The van der Waals surface area contributed by atoms with Gasteiger partial charge in [-0.05, 0) is 30.3 Å². The first kappa shape index (κ1) is 19.8. The second-order valence-corrected chi connectivity index (χ2v) is 8.07. The van der Waals surface area contributed by atoms with Crippen LogP contribution in [0.1, 0.15) is 10.4 Å². The third-order valence-electron chi connectivity index (χ3n) is 4.45. The Morgan fingerprint density at radius 3 is 2.32 bits per heavy atom. The van der Waals surface area contributed by atoms with Crippen LogP contribution in [0.15, 0.2) is 53.9 Å². The first-order valence-corrected chi connectivity index (χ1v) is 10.2. The molecule has 28 heavy (non-hydrogen) atoms. The number of benzene rings is 2. The van der Waals surface area contributed by atoms with Gasteiger partial charge in [0.2, 0.25) is 0 Å². The average Bonchev–Trinajstić information content (AvgIpc) is 3.07. The third-order valence-corrected chi connectivity index (χ3v) is 5.82. The van der Waals surface area contributed by atoms with Gasteiger partial charge in [-0.25, -0.2) is 8.42 Å². The normalized spacial score (nSPS) is 17.2. The number of hydrogen-bond donors (Lipinski definition) is 0. The van der Waals surface area contributed by atoms with Crippen molar-refractivity contribution >= 4 is 21.4 Å². The van der Waals surface area contributed by atoms with Crippen molar-refractivity contribution in [1.29, 1.82) is 0 Å². The minimum absolute atomic E-state index is 0.205. The summed E-state index contributed by atoms with van der Waals surface area (Å²) in [5.41, 5.74) is 0.756. The number of rotatable bonds is 6. The van der Waals surface area contributed by atoms with Gasteiger partial charge in [-0.1, -0.05) is 12.1 Å². The number of amides is 1. The molecule has 2 aromatic rings. The molecule has 0 bridgehead atoms. The summed E-state index contributed by atoms with van der Waals surface area (Å²) in [4.78, 5) is 14.9. The number of carbonyl (C=O) groups excluding carboxylic acids is 1. The molecule has 0 saturated heterocycles. The van der Waals surface area contributed by atoms with Gasteiger partial charge in [0.1, 0.15) is 17.2 Å². The largest absolute Gasteiger partial charge is 0.497 e. The summed E-state index contributed by atoms with van der Waals surface area (Å²) < 4.78 is 40.0. The maximum atomic E-state index is 13.5. The Balaban J connectivity index is 2.14. The zero-order chi connectivity index (χ0) is 20.3. The molecule has 0 fully saturated rings. The SMILES string of the molecule is COc1ccc(N(C(=O)c2ccccc2OC)[C@H]2C=CS(=O)(=O)C2)c(OC)c1. The Hall–Kier alpha value is -3.00. The monoisotopic (exact) mass is 403 g/mol. The number of para-hydroxylation sites is 1. The number of sulfone groups is 1. The molecule has 8 heteroatoms. The smallest absolute Gasteiger partial charge is 0.262 e. The van der Waals surface area contributed by atoms with E-state index in [2.05, 4.69) is 0 Å². The van der Waals surface area contributed by atoms with Crippen molar-refractivity contribution in [3.8, 4) is 17.2 Å². The molecule has 1 atom stereocenters. The Bertz CT molecular complexity index is 1020. The van der Waals surface area contributed by atoms with E-state index in [9.17, 15) is 13.2 Å². The van der Waals surface area contributed by atoms with Crippen LogP contribution in [-0.2, 0) is 9.84 Å². The second-order valence-electron chi connectivity index (χ2n) is 6.14. The summed E-state index contributed by atoms with van der Waals surface area (Å²) in [6.45, 7) is 0. The molecule has 148 valence electrons. The van der Waals surface area contributed by atoms with E-state index in [4.69, 9.17) is 14.2 Å². The number of anilines is 1. The Kier molecular flexibility index (Phi) is 5.60. The van der Waals surface area contributed by atoms with Crippen LogP contribution in [0.5, 0.6) is 17.2 Å². The molecular formula is C20H21NO6S. The number of methoxy groups -OCH3 is 3. The van der Waals surface area contributed by atoms with Crippen LogP contribution in [0, 0.1) is 0 Å². The van der Waals surface area contributed by atoms with Gasteiger partial charge in [0.05, 0.1) is 44.4 Å². The van der Waals surface area contributed by atoms with Crippen molar-refractivity contribution < 1.29 is 27.4 Å². The molecule has 1 heterocycles. The van der Waals surface area contributed by atoms with Crippen LogP contribution < -0.4 is 19.1 Å². The van der Waals surface area contributed by atoms with Crippen molar-refractivity contribution in [2.24, 2.45) is 0 Å². The van der Waals surface area contributed by atoms with Crippen LogP contribution in [-0.4, -0.2) is 47.4 Å². The predicted molar refractivity (Wildman–Crippen MR) is 106 cm³/mol. The van der Waals surface area contributed by atoms with Crippen LogP contribution in [0.4, 0.5) is 5.69 Å². The summed E-state index contributed by atoms with van der Waals surface area (Å²) in [6, 6.07) is 11.1. The summed E-state index contributed by atoms with van der Waals surface area (Å²) in [5.74, 6) is 0.742. The fraction of sp³-hybridized carbons (Fsp3) is 0.250. The van der Waals surface area contributed by atoms with Crippen molar-refractivity contribution in [1.82, 2.24) is 0 Å². The Morgan fingerprint density at radius 2 is 1.71 bits per heavy atom. The van der Waals surface area contributed by atoms with E-state index < -0.39 is 21.8 Å². The topological polar surface area (TPSA) is 82.1 Å². The van der Waals surface area contributed by atoms with E-state index in [1.807, 2.05) is 0 Å². The van der Waals surface area contributed by atoms with E-state index in [-0.39, 0.29) is 5.75 Å². The first-order chi connectivity index (χ1) is 13.4. The minimum atomic E-state index is -3.38. The van der Waals surface area contributed by atoms with Crippen LogP contribution in [0.25, 0.3) is 0 Å². The molecule has 1 aliphatic heterocycles. The van der Waals surface area contributed by atoms with E-state index >= 15 is 0 Å². The molecule has 1 amide bonds. The first-order valence-electron chi connectivity index (χ1n) is 8.49. The van der Waals surface area contributed by atoms with Crippen LogP contribution in [0.3, 0.4) is 0 Å². The van der Waals surface area contributed by atoms with Crippen molar-refractivity contribution in [2.45, 2.75) is 6.04 Å². The number of ether oxygens (including phenoxy) is 3. The average molecular weight is 403 g/mol. The van der Waals surface area contributed by atoms with Crippen molar-refractivity contribution in [3.05, 3.63) is 59.5 Å². The number of hydrogen-bond acceptors (Lipinski definition) is 6. The number of carbonyl (C=O) groups is 1. The lowest BCUT2D eigenvalue weighted by atomic mass is 10.1. The van der Waals surface area contributed by atoms with Gasteiger partial charge in [-0.3, -0.25) is 9.69 Å². The highest BCUT2D eigenvalue weighted by atomic mass is 32.2. The highest BCUT2D eigenvalue weighted by molar-refractivity contribution is 7.94. The fourth-order valence-electron chi connectivity index (χ4n) is 3.09. The summed E-state index contributed by atoms with van der Waals surface area (Å²) >= 11 is 0. The lowest BCUT2D eigenvalue weighted by Gasteiger charge is -2.29. The standard InChI is InChI=1S/C20H21NO6S/c1-25-15-8-9-17(19(12-15)27-3)21(14-10-11-28(23,24)13-14)20(22)16-6-4-5-7-18(16)26-2/h4-12,14H,13H2,1-3H3/t14-/m0/s1. The Labute approximate surface area is 164 Å². The van der Waals surface area contributed by atoms with Gasteiger partial charge in [0.15, 0.2) is 9.84 Å². The van der Waals surface area contributed by atoms with Crippen LogP contribution in [0.2, 0.25) is 0 Å². The highest BCUT2D eigenvalue weighted by Gasteiger charge is 2.34. The molecule has 7 nitrogen and oxygen atoms in total. The summed E-state index contributed by atoms with van der Waals surface area (Å²) in [7, 11) is 1.10. The van der Waals surface area contributed by atoms with Gasteiger partial charge in [0, 0.05) is 11.5 Å². The lowest BCUT2D eigenvalue weighted by Crippen LogP contribution is -2.41. The zero-order valence-electron chi connectivity index (χ0n) is 15.8. The van der Waals surface area contributed by atoms with Gasteiger partial charge in [0.25, 0.3) is 5.91 Å². The summed E-state index contributed by atoms with van der Waals surface area (Å²) in [6.07, 6.45) is 1.51. The van der Waals surface area contributed by atoms with Gasteiger partial charge in [-0.2, -0.15) is 0 Å². The molecule has 0 aromatic heterocycles. The molecule has 0 unspecified atom stereocenters. The number of nitrogens with zero attached hydrogens (tertiary/aromatic N) is 1. The highest BCUT2D eigenvalue weighted by Crippen LogP contribution is 2.36. The molecular weight excluding hydrogens is 382 g/mol. The predicted octanol–water partition coefficient (Wildman–Crippen LogP) is 2.67. The van der Waals surface area contributed by atoms with Gasteiger partial charge in [-0.15, -0.1) is 0 Å². The molecule has 0 aliphatic carbocycles. The molecule has 0 spiro atoms. The zero-order valence-corrected chi connectivity index (χ0v) is 16.6.